The molecule has 6 nitrogen and oxygen atoms in total. The van der Waals surface area contributed by atoms with Crippen molar-refractivity contribution in [1.82, 2.24) is 4.98 Å². The average molecular weight is 414 g/mol. The molecule has 6 heteroatoms. The third kappa shape index (κ3) is 3.57. The smallest absolute Gasteiger partial charge is 0.300 e. The minimum Gasteiger partial charge on any atom is -0.507 e. The maximum absolute atomic E-state index is 13.2. The zero-order chi connectivity index (χ0) is 22.1. The highest BCUT2D eigenvalue weighted by Crippen LogP contribution is 2.43. The lowest BCUT2D eigenvalue weighted by Crippen LogP contribution is -2.30. The quantitative estimate of drug-likeness (QED) is 0.390. The Hall–Kier alpha value is -3.93. The number of benzene rings is 2. The Balaban J connectivity index is 1.98. The van der Waals surface area contributed by atoms with E-state index in [1.165, 1.54) is 17.3 Å². The Morgan fingerprint density at radius 1 is 1.03 bits per heavy atom. The van der Waals surface area contributed by atoms with Gasteiger partial charge in [0.05, 0.1) is 18.7 Å². The first-order chi connectivity index (χ1) is 14.9. The molecule has 1 amide bonds. The highest BCUT2D eigenvalue weighted by atomic mass is 16.5. The summed E-state index contributed by atoms with van der Waals surface area (Å²) in [6.07, 6.45) is 3.05. The van der Waals surface area contributed by atoms with Gasteiger partial charge >= 0.3 is 0 Å². The Morgan fingerprint density at radius 3 is 2.45 bits per heavy atom. The third-order valence-electron chi connectivity index (χ3n) is 5.42. The van der Waals surface area contributed by atoms with Crippen LogP contribution in [0.25, 0.3) is 5.76 Å². The van der Waals surface area contributed by atoms with E-state index in [-0.39, 0.29) is 11.3 Å². The second-order valence-corrected chi connectivity index (χ2v) is 7.47. The van der Waals surface area contributed by atoms with E-state index in [1.54, 1.807) is 37.4 Å². The van der Waals surface area contributed by atoms with Gasteiger partial charge < -0.3 is 9.84 Å². The van der Waals surface area contributed by atoms with Crippen LogP contribution in [0.5, 0.6) is 5.75 Å². The SMILES string of the molecule is COc1cccc(C2/C(=C(\O)c3ccncc3)C(=O)C(=O)N2c2ccc(C)cc2C)c1. The summed E-state index contributed by atoms with van der Waals surface area (Å²) in [5, 5.41) is 11.1. The van der Waals surface area contributed by atoms with Gasteiger partial charge in [0.1, 0.15) is 11.5 Å². The molecule has 2 heterocycles. The molecule has 0 bridgehead atoms. The standard InChI is InChI=1S/C25H22N2O4/c1-15-7-8-20(16(2)13-15)27-22(18-5-4-6-19(14-18)31-3)21(24(29)25(27)30)23(28)17-9-11-26-12-10-17/h4-14,22,28H,1-3H3/b23-21+. The molecule has 0 radical (unpaired) electrons. The van der Waals surface area contributed by atoms with Crippen LogP contribution in [0.1, 0.15) is 28.3 Å². The maximum Gasteiger partial charge on any atom is 0.300 e. The van der Waals surface area contributed by atoms with Gasteiger partial charge in [-0.05, 0) is 55.3 Å². The van der Waals surface area contributed by atoms with Gasteiger partial charge in [0.25, 0.3) is 11.7 Å². The maximum atomic E-state index is 13.2. The molecule has 1 saturated heterocycles. The summed E-state index contributed by atoms with van der Waals surface area (Å²) < 4.78 is 5.35. The Kier molecular flexibility index (Phi) is 5.29. The van der Waals surface area contributed by atoms with Crippen molar-refractivity contribution in [3.05, 3.63) is 94.8 Å². The van der Waals surface area contributed by atoms with Crippen molar-refractivity contribution in [3.63, 3.8) is 0 Å². The van der Waals surface area contributed by atoms with Crippen molar-refractivity contribution in [2.75, 3.05) is 12.0 Å². The van der Waals surface area contributed by atoms with E-state index >= 15 is 0 Å². The molecule has 0 spiro atoms. The number of amides is 1. The van der Waals surface area contributed by atoms with Gasteiger partial charge in [0.15, 0.2) is 0 Å². The number of aliphatic hydroxyl groups is 1. The second kappa shape index (κ2) is 8.07. The van der Waals surface area contributed by atoms with Crippen molar-refractivity contribution in [2.24, 2.45) is 0 Å². The summed E-state index contributed by atoms with van der Waals surface area (Å²) in [5.74, 6) is -1.06. The van der Waals surface area contributed by atoms with E-state index in [0.717, 1.165) is 11.1 Å². The minimum atomic E-state index is -0.801. The van der Waals surface area contributed by atoms with Crippen LogP contribution < -0.4 is 9.64 Å². The van der Waals surface area contributed by atoms with Crippen molar-refractivity contribution in [1.29, 1.82) is 0 Å². The average Bonchev–Trinajstić information content (AvgIpc) is 3.04. The summed E-state index contributed by atoms with van der Waals surface area (Å²) in [6.45, 7) is 3.86. The Bertz CT molecular complexity index is 1200. The Morgan fingerprint density at radius 2 is 1.77 bits per heavy atom. The van der Waals surface area contributed by atoms with Crippen LogP contribution >= 0.6 is 0 Å². The lowest BCUT2D eigenvalue weighted by atomic mass is 9.95. The van der Waals surface area contributed by atoms with Gasteiger partial charge in [-0.15, -0.1) is 0 Å². The molecule has 1 unspecified atom stereocenters. The number of hydrogen-bond acceptors (Lipinski definition) is 5. The highest BCUT2D eigenvalue weighted by Gasteiger charge is 2.47. The van der Waals surface area contributed by atoms with E-state index in [1.807, 2.05) is 38.1 Å². The second-order valence-electron chi connectivity index (χ2n) is 7.47. The number of methoxy groups -OCH3 is 1. The van der Waals surface area contributed by atoms with Crippen molar-refractivity contribution in [2.45, 2.75) is 19.9 Å². The van der Waals surface area contributed by atoms with Crippen molar-refractivity contribution < 1.29 is 19.4 Å². The topological polar surface area (TPSA) is 79.7 Å². The van der Waals surface area contributed by atoms with Crippen LogP contribution in [0.3, 0.4) is 0 Å². The number of aryl methyl sites for hydroxylation is 2. The number of carbonyl (C=O) groups excluding carboxylic acids is 2. The molecule has 0 saturated carbocycles. The summed E-state index contributed by atoms with van der Waals surface area (Å²) >= 11 is 0. The fourth-order valence-corrected chi connectivity index (χ4v) is 3.95. The number of Topliss-reactive ketones (excluding diaryl/α,β-unsaturated/α-hetero) is 1. The van der Waals surface area contributed by atoms with Crippen molar-refractivity contribution in [3.8, 4) is 5.75 Å². The predicted molar refractivity (Wildman–Crippen MR) is 118 cm³/mol. The molecule has 2 aromatic carbocycles. The first kappa shape index (κ1) is 20.3. The van der Waals surface area contributed by atoms with Crippen LogP contribution in [-0.4, -0.2) is 28.9 Å². The van der Waals surface area contributed by atoms with Gasteiger partial charge in [-0.1, -0.05) is 29.8 Å². The summed E-state index contributed by atoms with van der Waals surface area (Å²) in [4.78, 5) is 31.8. The number of carbonyl (C=O) groups is 2. The number of anilines is 1. The lowest BCUT2D eigenvalue weighted by Gasteiger charge is -2.27. The number of rotatable bonds is 4. The molecule has 1 aliphatic rings. The predicted octanol–water partition coefficient (Wildman–Crippen LogP) is 4.33. The highest BCUT2D eigenvalue weighted by molar-refractivity contribution is 6.51. The zero-order valence-electron chi connectivity index (χ0n) is 17.5. The third-order valence-corrected chi connectivity index (χ3v) is 5.42. The van der Waals surface area contributed by atoms with Crippen LogP contribution in [0.4, 0.5) is 5.69 Å². The number of ketones is 1. The fraction of sp³-hybridized carbons (Fsp3) is 0.160. The molecule has 0 aliphatic carbocycles. The number of ether oxygens (including phenoxy) is 1. The van der Waals surface area contributed by atoms with Gasteiger partial charge in [-0.2, -0.15) is 0 Å². The molecular formula is C25H22N2O4. The zero-order valence-corrected chi connectivity index (χ0v) is 17.5. The molecule has 156 valence electrons. The summed E-state index contributed by atoms with van der Waals surface area (Å²) in [7, 11) is 1.55. The molecule has 3 aromatic rings. The van der Waals surface area contributed by atoms with E-state index in [9.17, 15) is 14.7 Å². The number of aromatic nitrogens is 1. The number of hydrogen-bond donors (Lipinski definition) is 1. The van der Waals surface area contributed by atoms with Crippen LogP contribution in [0.15, 0.2) is 72.6 Å². The van der Waals surface area contributed by atoms with Gasteiger partial charge in [-0.25, -0.2) is 0 Å². The lowest BCUT2D eigenvalue weighted by molar-refractivity contribution is -0.132. The fourth-order valence-electron chi connectivity index (χ4n) is 3.95. The van der Waals surface area contributed by atoms with Crippen LogP contribution in [-0.2, 0) is 9.59 Å². The van der Waals surface area contributed by atoms with E-state index in [2.05, 4.69) is 4.98 Å². The monoisotopic (exact) mass is 414 g/mol. The van der Waals surface area contributed by atoms with E-state index < -0.39 is 17.7 Å². The van der Waals surface area contributed by atoms with Gasteiger partial charge in [0, 0.05) is 23.6 Å². The van der Waals surface area contributed by atoms with Crippen LogP contribution in [0, 0.1) is 13.8 Å². The molecule has 31 heavy (non-hydrogen) atoms. The largest absolute Gasteiger partial charge is 0.507 e. The van der Waals surface area contributed by atoms with E-state index in [0.29, 0.717) is 22.6 Å². The summed E-state index contributed by atoms with van der Waals surface area (Å²) in [6, 6.07) is 15.2. The minimum absolute atomic E-state index is 0.0319. The van der Waals surface area contributed by atoms with E-state index in [4.69, 9.17) is 4.74 Å². The van der Waals surface area contributed by atoms with Gasteiger partial charge in [0.2, 0.25) is 0 Å². The number of aliphatic hydroxyl groups excluding tert-OH is 1. The molecule has 4 rings (SSSR count). The molecule has 1 N–H and O–H groups in total. The normalized spacial score (nSPS) is 17.8. The first-order valence-electron chi connectivity index (χ1n) is 9.85. The molecule has 1 aromatic heterocycles. The van der Waals surface area contributed by atoms with Crippen molar-refractivity contribution >= 4 is 23.1 Å². The summed E-state index contributed by atoms with van der Waals surface area (Å²) in [5.41, 5.74) is 3.64. The molecule has 1 atom stereocenters. The molecular weight excluding hydrogens is 392 g/mol. The number of pyridine rings is 1. The molecule has 1 fully saturated rings. The van der Waals surface area contributed by atoms with Crippen LogP contribution in [0.2, 0.25) is 0 Å². The first-order valence-corrected chi connectivity index (χ1v) is 9.85. The molecule has 1 aliphatic heterocycles. The van der Waals surface area contributed by atoms with Gasteiger partial charge in [-0.3, -0.25) is 19.5 Å². The Labute approximate surface area is 180 Å². The number of nitrogens with zero attached hydrogens (tertiary/aromatic N) is 2.